The highest BCUT2D eigenvalue weighted by atomic mass is 32.1. The van der Waals surface area contributed by atoms with Gasteiger partial charge in [-0.25, -0.2) is 117 Å². The van der Waals surface area contributed by atoms with Crippen molar-refractivity contribution in [2.24, 2.45) is 0 Å². The van der Waals surface area contributed by atoms with E-state index in [2.05, 4.69) is 127 Å². The molecule has 0 spiro atoms. The van der Waals surface area contributed by atoms with Crippen LogP contribution in [-0.4, -0.2) is 239 Å². The molecule has 149 heavy (non-hydrogen) atoms. The van der Waals surface area contributed by atoms with Gasteiger partial charge in [-0.05, 0) is 177 Å². The average molecular weight is 2140 g/mol. The first-order valence-electron chi connectivity index (χ1n) is 51.0. The van der Waals surface area contributed by atoms with Gasteiger partial charge in [0, 0.05) is 244 Å². The summed E-state index contributed by atoms with van der Waals surface area (Å²) in [6.45, 7) is 24.2. The first-order chi connectivity index (χ1) is 70.9. The number of halogens is 12. The summed E-state index contributed by atoms with van der Waals surface area (Å²) in [5.74, 6) is -6.40. The molecule has 21 rings (SSSR count). The predicted molar refractivity (Wildman–Crippen MR) is 549 cm³/mol. The number of aromatic nitrogens is 21. The predicted octanol–water partition coefficient (Wildman–Crippen LogP) is 21.9. The first kappa shape index (κ1) is 110. The summed E-state index contributed by atoms with van der Waals surface area (Å²) in [6.07, 6.45) is 8.68. The third-order valence-corrected chi connectivity index (χ3v) is 29.8. The van der Waals surface area contributed by atoms with Gasteiger partial charge in [0.05, 0.1) is 67.1 Å². The van der Waals surface area contributed by atoms with Gasteiger partial charge < -0.3 is 61.4 Å². The molecule has 0 radical (unpaired) electrons. The van der Waals surface area contributed by atoms with Crippen LogP contribution >= 0.6 is 34.0 Å². The fraction of sp³-hybridized carbons (Fsp3) is 0.584. The van der Waals surface area contributed by atoms with E-state index in [0.717, 1.165) is 94.1 Å². The number of hydrogen-bond donors (Lipinski definition) is 8. The molecule has 0 amide bonds. The maximum absolute atomic E-state index is 13.5. The van der Waals surface area contributed by atoms with Gasteiger partial charge in [0.2, 0.25) is 35.5 Å². The van der Waals surface area contributed by atoms with E-state index in [1.807, 2.05) is 126 Å². The fourth-order valence-corrected chi connectivity index (χ4v) is 20.6. The lowest BCUT2D eigenvalue weighted by atomic mass is 9.92. The van der Waals surface area contributed by atoms with Gasteiger partial charge in [0.1, 0.15) is 46.5 Å². The number of anilines is 8. The number of rotatable bonds is 23. The number of ether oxygens (including phenoxy) is 2. The number of alkyl halides is 12. The third kappa shape index (κ3) is 32.3. The lowest BCUT2D eigenvalue weighted by Gasteiger charge is -2.30. The summed E-state index contributed by atoms with van der Waals surface area (Å²) in [5.41, 5.74) is 9.12. The van der Waals surface area contributed by atoms with Crippen LogP contribution in [0.3, 0.4) is 0 Å². The molecule has 12 aromatic rings. The first-order valence-corrected chi connectivity index (χ1v) is 53.6. The smallest absolute Gasteiger partial charge is 0.254 e. The highest BCUT2D eigenvalue weighted by Crippen LogP contribution is 2.44. The molecular weight excluding hydrogens is 2010 g/mol. The minimum Gasteiger partial charge on any atom is -0.387 e. The molecule has 0 bridgehead atoms. The number of hydrogen-bond acceptors (Lipinski definition) is 33. The van der Waals surface area contributed by atoms with Crippen LogP contribution in [0.5, 0.6) is 0 Å². The van der Waals surface area contributed by atoms with Crippen LogP contribution < -0.4 is 41.7 Å². The Bertz CT molecular complexity index is 6250. The molecular formula is C101H129F12N29O4S3. The van der Waals surface area contributed by atoms with Gasteiger partial charge >= 0.3 is 0 Å². The van der Waals surface area contributed by atoms with Gasteiger partial charge in [0.15, 0.2) is 32.5 Å². The lowest BCUT2D eigenvalue weighted by molar-refractivity contribution is -0.0366. The van der Waals surface area contributed by atoms with Crippen molar-refractivity contribution in [1.82, 2.24) is 104 Å². The van der Waals surface area contributed by atoms with E-state index < -0.39 is 47.7 Å². The van der Waals surface area contributed by atoms with Gasteiger partial charge in [-0.3, -0.25) is 0 Å². The zero-order valence-electron chi connectivity index (χ0n) is 85.1. The van der Waals surface area contributed by atoms with Crippen LogP contribution in [0.2, 0.25) is 0 Å². The van der Waals surface area contributed by atoms with E-state index in [-0.39, 0.29) is 113 Å². The van der Waals surface area contributed by atoms with Crippen molar-refractivity contribution in [2.75, 3.05) is 94.3 Å². The SMILES string of the molecule is Cc1cc(NC2CCC(F)(F)CC2)nc(-c2nc(C)cs2)n1.Cc1cc(NC2CCC(F)(F)CC2)nc(-n2nc(C)cc2C)n1.Cc1ccn(-c2nc(NC3CCC(F)(F)CC3)cc(N3CCOCC3)n2)n1.Cc1csc(-c2nc(NC3CCC(F)(F)CC3)cc([C@@H](C)O)n2)n1.Cc1csc(-c2nc(NC3CCC(F)(F)CC3)cc([C@H](C)O)n2)n1.FC1(F)CCC(Nc2cc(N3CCOCC3)nc(-n3ccc(C4CC4)n3)n2)CC1. The average Bonchev–Trinajstić information content (AvgIpc) is 1.60. The molecule has 8 N–H and O–H groups in total. The molecule has 7 aliphatic carbocycles. The van der Waals surface area contributed by atoms with Gasteiger partial charge in [-0.1, -0.05) is 0 Å². The molecule has 0 unspecified atom stereocenters. The van der Waals surface area contributed by atoms with Gasteiger partial charge in [-0.2, -0.15) is 40.2 Å². The molecule has 48 heteroatoms. The second-order valence-corrected chi connectivity index (χ2v) is 42.6. The quantitative estimate of drug-likeness (QED) is 0.0276. The molecule has 12 aromatic heterocycles. The normalized spacial score (nSPS) is 19.8. The number of thiazole rings is 3. The number of morpholine rings is 2. The Labute approximate surface area is 868 Å². The molecule has 2 saturated heterocycles. The minimum atomic E-state index is -2.56. The maximum atomic E-state index is 13.5. The molecule has 2 aliphatic heterocycles. The van der Waals surface area contributed by atoms with E-state index in [4.69, 9.17) is 14.5 Å². The Morgan fingerprint density at radius 1 is 0.315 bits per heavy atom. The van der Waals surface area contributed by atoms with Gasteiger partial charge in [0.25, 0.3) is 17.8 Å². The van der Waals surface area contributed by atoms with E-state index in [9.17, 15) is 62.9 Å². The molecule has 9 fully saturated rings. The van der Waals surface area contributed by atoms with Crippen LogP contribution in [-0.2, 0) is 9.47 Å². The molecule has 33 nitrogen and oxygen atoms in total. The Morgan fingerprint density at radius 2 is 0.624 bits per heavy atom. The van der Waals surface area contributed by atoms with Crippen molar-refractivity contribution in [2.45, 2.75) is 326 Å². The summed E-state index contributed by atoms with van der Waals surface area (Å²) < 4.78 is 176. The standard InChI is InChI=1S/C20H26F2N6O.C18H24F2N6O.C16H21F2N5.2C16H20F2N4OS.C15H18F2N4S/c21-20(22)6-3-15(4-7-20)23-17-13-18(27-9-11-29-12-10-27)25-19(24-17)28-8-5-16(26-28)14-1-2-14;1-13-4-7-26(24-13)17-22-15(21-14-2-5-18(19,20)6-3-14)12-16(23-17)25-8-10-27-11-9-25;1-10-9-14(20-13-4-6-16(17,18)7-5-13)21-15(19-10)23-12(3)8-11(2)22-23;2*1-9-8-24-15(19-9)14-21-12(10(2)23)7-13(22-14)20-11-3-5-16(17,18)6-4-11;1-9-7-12(20-11-3-5-15(16,17)6-4-11)21-13(18-9)14-19-10(2)8-22-14/h5,8,13-15H,1-4,6-7,9-12H2,(H,23,24,25);4,7,12,14H,2-3,5-6,8-11H2,1H3,(H,21,22,23);8-9,13H,4-7H2,1-3H3,(H,19,20,21);2*7-8,10-11,23H,3-6H2,1-2H3,(H,20,21,22);7-8,11H,3-6H2,1-2H3,(H,18,20,21)/t;;;2*10-;/m...10./s1. The molecule has 804 valence electrons. The minimum absolute atomic E-state index is 0.00504. The van der Waals surface area contributed by atoms with Crippen molar-refractivity contribution in [3.8, 4) is 50.3 Å². The monoisotopic (exact) mass is 2140 g/mol. The third-order valence-electron chi connectivity index (χ3n) is 26.9. The second-order valence-electron chi connectivity index (χ2n) is 40.0. The largest absolute Gasteiger partial charge is 0.387 e. The fourth-order valence-electron chi connectivity index (χ4n) is 18.4. The van der Waals surface area contributed by atoms with E-state index in [1.54, 1.807) is 40.0 Å². The zero-order valence-corrected chi connectivity index (χ0v) is 87.5. The van der Waals surface area contributed by atoms with Crippen molar-refractivity contribution < 1.29 is 72.4 Å². The summed E-state index contributed by atoms with van der Waals surface area (Å²) >= 11 is 4.37. The molecule has 14 heterocycles. The van der Waals surface area contributed by atoms with E-state index in [1.165, 1.54) is 46.9 Å². The molecule has 2 atom stereocenters. The Morgan fingerprint density at radius 3 is 0.933 bits per heavy atom. The van der Waals surface area contributed by atoms with E-state index in [0.29, 0.717) is 201 Å². The number of nitrogens with zero attached hydrogens (tertiary/aromatic N) is 23. The second kappa shape index (κ2) is 48.4. The van der Waals surface area contributed by atoms with Crippen molar-refractivity contribution in [1.29, 1.82) is 0 Å². The van der Waals surface area contributed by atoms with Crippen molar-refractivity contribution in [3.05, 3.63) is 146 Å². The van der Waals surface area contributed by atoms with Crippen LogP contribution in [0.4, 0.5) is 99.2 Å². The van der Waals surface area contributed by atoms with Crippen LogP contribution in [0, 0.1) is 55.4 Å². The van der Waals surface area contributed by atoms with Crippen LogP contribution in [0.1, 0.15) is 262 Å². The van der Waals surface area contributed by atoms with Gasteiger partial charge in [-0.15, -0.1) is 34.0 Å². The summed E-state index contributed by atoms with van der Waals surface area (Å²) in [7, 11) is 0. The molecule has 9 aliphatic rings. The van der Waals surface area contributed by atoms with Crippen LogP contribution in [0.25, 0.3) is 50.3 Å². The van der Waals surface area contributed by atoms with E-state index >= 15 is 0 Å². The summed E-state index contributed by atoms with van der Waals surface area (Å²) in [5, 5.41) is 60.7. The highest BCUT2D eigenvalue weighted by molar-refractivity contribution is 7.13. The Balaban J connectivity index is 0.000000128. The lowest BCUT2D eigenvalue weighted by Crippen LogP contribution is -2.37. The summed E-state index contributed by atoms with van der Waals surface area (Å²) in [4.78, 5) is 71.5. The number of aliphatic hydroxyl groups excluding tert-OH is 2. The van der Waals surface area contributed by atoms with Crippen molar-refractivity contribution >= 4 is 80.6 Å². The molecule has 0 aromatic carbocycles. The number of aliphatic hydroxyl groups is 2. The highest BCUT2D eigenvalue weighted by Gasteiger charge is 2.42. The maximum Gasteiger partial charge on any atom is 0.254 e. The Hall–Kier alpha value is -11.6. The Kier molecular flexibility index (Phi) is 35.7. The number of aryl methyl sites for hydroxylation is 8. The topological polar surface area (TPSA) is 384 Å². The van der Waals surface area contributed by atoms with Crippen LogP contribution in [0.15, 0.2) is 83.1 Å². The molecule has 7 saturated carbocycles. The number of nitrogens with one attached hydrogen (secondary N) is 6. The van der Waals surface area contributed by atoms with Crippen molar-refractivity contribution in [3.63, 3.8) is 0 Å². The summed E-state index contributed by atoms with van der Waals surface area (Å²) in [6, 6.07) is 16.6. The zero-order chi connectivity index (χ0) is 106.